The van der Waals surface area contributed by atoms with Gasteiger partial charge in [0.05, 0.1) is 0 Å². The maximum Gasteiger partial charge on any atom is 0.170 e. The van der Waals surface area contributed by atoms with E-state index in [9.17, 15) is 0 Å². The fraction of sp³-hybridized carbons (Fsp3) is 0.417. The normalized spacial score (nSPS) is 10.3. The third-order valence-corrected chi connectivity index (χ3v) is 2.44. The quantitative estimate of drug-likeness (QED) is 0.423. The van der Waals surface area contributed by atoms with Gasteiger partial charge in [0, 0.05) is 12.2 Å². The van der Waals surface area contributed by atoms with E-state index in [1.165, 1.54) is 0 Å². The Kier molecular flexibility index (Phi) is 5.72. The SMILES string of the molecule is CN(C)CCCNC(=S)Nc1ccc(O)cc1. The highest BCUT2D eigenvalue weighted by atomic mass is 32.1. The molecule has 1 rings (SSSR count). The molecular formula is C12H19N3OS. The second kappa shape index (κ2) is 7.09. The lowest BCUT2D eigenvalue weighted by Gasteiger charge is -2.12. The standard InChI is InChI=1S/C12H19N3OS/c1-15(2)9-3-8-13-12(17)14-10-4-6-11(16)7-5-10/h4-7,16H,3,8-9H2,1-2H3,(H2,13,14,17). The third kappa shape index (κ3) is 6.09. The summed E-state index contributed by atoms with van der Waals surface area (Å²) in [6.45, 7) is 1.89. The molecule has 0 aliphatic carbocycles. The first-order valence-electron chi connectivity index (χ1n) is 5.56. The molecule has 94 valence electrons. The van der Waals surface area contributed by atoms with E-state index in [1.54, 1.807) is 24.3 Å². The molecule has 0 aliphatic rings. The average Bonchev–Trinajstić information content (AvgIpc) is 2.27. The molecule has 0 fully saturated rings. The summed E-state index contributed by atoms with van der Waals surface area (Å²) >= 11 is 5.15. The predicted octanol–water partition coefficient (Wildman–Crippen LogP) is 1.63. The van der Waals surface area contributed by atoms with Crippen molar-refractivity contribution in [3.8, 4) is 5.75 Å². The summed E-state index contributed by atoms with van der Waals surface area (Å²) in [6.07, 6.45) is 1.05. The van der Waals surface area contributed by atoms with E-state index in [-0.39, 0.29) is 5.75 Å². The molecule has 17 heavy (non-hydrogen) atoms. The highest BCUT2D eigenvalue weighted by molar-refractivity contribution is 7.80. The van der Waals surface area contributed by atoms with E-state index in [4.69, 9.17) is 17.3 Å². The lowest BCUT2D eigenvalue weighted by atomic mass is 10.3. The Balaban J connectivity index is 2.23. The monoisotopic (exact) mass is 253 g/mol. The molecule has 0 aliphatic heterocycles. The minimum Gasteiger partial charge on any atom is -0.508 e. The molecule has 0 bridgehead atoms. The van der Waals surface area contributed by atoms with Crippen molar-refractivity contribution in [1.82, 2.24) is 10.2 Å². The number of anilines is 1. The van der Waals surface area contributed by atoms with Crippen LogP contribution in [0.1, 0.15) is 6.42 Å². The van der Waals surface area contributed by atoms with Crippen molar-refractivity contribution in [3.63, 3.8) is 0 Å². The van der Waals surface area contributed by atoms with Gasteiger partial charge in [-0.05, 0) is 63.5 Å². The number of hydrogen-bond donors (Lipinski definition) is 3. The van der Waals surface area contributed by atoms with Crippen LogP contribution in [0, 0.1) is 0 Å². The molecule has 5 heteroatoms. The number of benzene rings is 1. The molecule has 0 atom stereocenters. The van der Waals surface area contributed by atoms with Crippen LogP contribution in [0.3, 0.4) is 0 Å². The fourth-order valence-electron chi connectivity index (χ4n) is 1.32. The van der Waals surface area contributed by atoms with Crippen LogP contribution in [0.25, 0.3) is 0 Å². The maximum atomic E-state index is 9.14. The second-order valence-corrected chi connectivity index (χ2v) is 4.49. The Labute approximate surface area is 108 Å². The van der Waals surface area contributed by atoms with Gasteiger partial charge in [-0.25, -0.2) is 0 Å². The Morgan fingerprint density at radius 2 is 1.94 bits per heavy atom. The van der Waals surface area contributed by atoms with E-state index < -0.39 is 0 Å². The van der Waals surface area contributed by atoms with Gasteiger partial charge in [0.25, 0.3) is 0 Å². The van der Waals surface area contributed by atoms with E-state index >= 15 is 0 Å². The van der Waals surface area contributed by atoms with Gasteiger partial charge >= 0.3 is 0 Å². The van der Waals surface area contributed by atoms with Gasteiger partial charge in [-0.3, -0.25) is 0 Å². The summed E-state index contributed by atoms with van der Waals surface area (Å²) < 4.78 is 0. The summed E-state index contributed by atoms with van der Waals surface area (Å²) in [4.78, 5) is 2.14. The van der Waals surface area contributed by atoms with E-state index in [0.29, 0.717) is 5.11 Å². The molecule has 0 radical (unpaired) electrons. The van der Waals surface area contributed by atoms with Crippen LogP contribution in [0.2, 0.25) is 0 Å². The topological polar surface area (TPSA) is 47.5 Å². The van der Waals surface area contributed by atoms with Crippen molar-refractivity contribution in [1.29, 1.82) is 0 Å². The Morgan fingerprint density at radius 3 is 2.53 bits per heavy atom. The number of hydrogen-bond acceptors (Lipinski definition) is 3. The van der Waals surface area contributed by atoms with Crippen molar-refractivity contribution < 1.29 is 5.11 Å². The molecule has 0 unspecified atom stereocenters. The van der Waals surface area contributed by atoms with Crippen molar-refractivity contribution in [3.05, 3.63) is 24.3 Å². The van der Waals surface area contributed by atoms with Gasteiger partial charge in [0.15, 0.2) is 5.11 Å². The average molecular weight is 253 g/mol. The van der Waals surface area contributed by atoms with Gasteiger partial charge in [-0.1, -0.05) is 0 Å². The zero-order valence-electron chi connectivity index (χ0n) is 10.2. The Bertz CT molecular complexity index is 351. The van der Waals surface area contributed by atoms with Crippen LogP contribution >= 0.6 is 12.2 Å². The van der Waals surface area contributed by atoms with Crippen molar-refractivity contribution in [2.24, 2.45) is 0 Å². The van der Waals surface area contributed by atoms with Crippen molar-refractivity contribution >= 4 is 23.0 Å². The van der Waals surface area contributed by atoms with Crippen molar-refractivity contribution in [2.45, 2.75) is 6.42 Å². The van der Waals surface area contributed by atoms with Crippen LogP contribution in [0.4, 0.5) is 5.69 Å². The molecule has 0 amide bonds. The zero-order chi connectivity index (χ0) is 12.7. The van der Waals surface area contributed by atoms with Crippen LogP contribution in [0.5, 0.6) is 5.75 Å². The molecule has 4 nitrogen and oxygen atoms in total. The first kappa shape index (κ1) is 13.7. The van der Waals surface area contributed by atoms with Crippen molar-refractivity contribution in [2.75, 3.05) is 32.5 Å². The van der Waals surface area contributed by atoms with Gasteiger partial charge in [-0.15, -0.1) is 0 Å². The van der Waals surface area contributed by atoms with Gasteiger partial charge < -0.3 is 20.6 Å². The summed E-state index contributed by atoms with van der Waals surface area (Å²) in [6, 6.07) is 6.81. The minimum atomic E-state index is 0.250. The Morgan fingerprint density at radius 1 is 1.29 bits per heavy atom. The fourth-order valence-corrected chi connectivity index (χ4v) is 1.54. The number of thiocarbonyl (C=S) groups is 1. The van der Waals surface area contributed by atoms with Crippen LogP contribution in [-0.2, 0) is 0 Å². The van der Waals surface area contributed by atoms with E-state index in [1.807, 2.05) is 14.1 Å². The number of nitrogens with zero attached hydrogens (tertiary/aromatic N) is 1. The second-order valence-electron chi connectivity index (χ2n) is 4.08. The molecule has 3 N–H and O–H groups in total. The number of aromatic hydroxyl groups is 1. The Hall–Kier alpha value is -1.33. The molecule has 1 aromatic carbocycles. The largest absolute Gasteiger partial charge is 0.508 e. The van der Waals surface area contributed by atoms with E-state index in [2.05, 4.69) is 15.5 Å². The van der Waals surface area contributed by atoms with Gasteiger partial charge in [0.2, 0.25) is 0 Å². The number of phenolic OH excluding ortho intramolecular Hbond substituents is 1. The molecule has 0 aromatic heterocycles. The van der Waals surface area contributed by atoms with Gasteiger partial charge in [-0.2, -0.15) is 0 Å². The summed E-state index contributed by atoms with van der Waals surface area (Å²) in [7, 11) is 4.10. The molecule has 0 spiro atoms. The smallest absolute Gasteiger partial charge is 0.170 e. The minimum absolute atomic E-state index is 0.250. The van der Waals surface area contributed by atoms with Crippen LogP contribution < -0.4 is 10.6 Å². The summed E-state index contributed by atoms with van der Waals surface area (Å²) in [5.74, 6) is 0.250. The molecule has 0 heterocycles. The molecular weight excluding hydrogens is 234 g/mol. The third-order valence-electron chi connectivity index (χ3n) is 2.19. The number of rotatable bonds is 5. The van der Waals surface area contributed by atoms with E-state index in [0.717, 1.165) is 25.2 Å². The lowest BCUT2D eigenvalue weighted by Crippen LogP contribution is -2.30. The molecule has 1 aromatic rings. The zero-order valence-corrected chi connectivity index (χ0v) is 11.0. The first-order valence-corrected chi connectivity index (χ1v) is 5.97. The van der Waals surface area contributed by atoms with Crippen LogP contribution in [-0.4, -0.2) is 42.3 Å². The lowest BCUT2D eigenvalue weighted by molar-refractivity contribution is 0.400. The highest BCUT2D eigenvalue weighted by Gasteiger charge is 1.97. The molecule has 0 saturated carbocycles. The number of nitrogens with one attached hydrogen (secondary N) is 2. The number of phenols is 1. The predicted molar refractivity (Wildman–Crippen MR) is 75.5 cm³/mol. The maximum absolute atomic E-state index is 9.14. The first-order chi connectivity index (χ1) is 8.08. The summed E-state index contributed by atoms with van der Waals surface area (Å²) in [5, 5.41) is 15.9. The van der Waals surface area contributed by atoms with Gasteiger partial charge in [0.1, 0.15) is 5.75 Å². The van der Waals surface area contributed by atoms with Crippen LogP contribution in [0.15, 0.2) is 24.3 Å². The highest BCUT2D eigenvalue weighted by Crippen LogP contribution is 2.13. The summed E-state index contributed by atoms with van der Waals surface area (Å²) in [5.41, 5.74) is 0.868. The molecule has 0 saturated heterocycles.